The van der Waals surface area contributed by atoms with E-state index in [0.717, 1.165) is 0 Å². The van der Waals surface area contributed by atoms with Crippen LogP contribution >= 0.6 is 0 Å². The maximum atomic E-state index is 10.4. The molecule has 0 aliphatic heterocycles. The molecule has 1 heteroatoms. The van der Waals surface area contributed by atoms with Gasteiger partial charge in [-0.1, -0.05) is 37.6 Å². The molecule has 0 aromatic rings. The Kier molecular flexibility index (Phi) is 2.78. The van der Waals surface area contributed by atoms with Gasteiger partial charge in [-0.2, -0.15) is 0 Å². The number of hydrogen-bond donors (Lipinski definition) is 1. The Bertz CT molecular complexity index is 332. The van der Waals surface area contributed by atoms with Crippen LogP contribution in [-0.2, 0) is 0 Å². The van der Waals surface area contributed by atoms with Crippen LogP contribution in [0, 0.1) is 17.3 Å². The highest BCUT2D eigenvalue weighted by molar-refractivity contribution is 5.32. The lowest BCUT2D eigenvalue weighted by molar-refractivity contribution is -0.0344. The third-order valence-electron chi connectivity index (χ3n) is 4.81. The molecule has 1 saturated carbocycles. The highest BCUT2D eigenvalue weighted by Gasteiger charge is 2.48. The number of fused-ring (bicyclic) bond motifs is 1. The fourth-order valence-corrected chi connectivity index (χ4v) is 3.71. The van der Waals surface area contributed by atoms with Crippen molar-refractivity contribution in [3.63, 3.8) is 0 Å². The third-order valence-corrected chi connectivity index (χ3v) is 4.81. The largest absolute Gasteiger partial charge is 0.390 e. The molecule has 0 saturated heterocycles. The molecule has 1 nitrogen and oxygen atoms in total. The molecule has 16 heavy (non-hydrogen) atoms. The van der Waals surface area contributed by atoms with Gasteiger partial charge in [0.25, 0.3) is 0 Å². The first kappa shape index (κ1) is 11.9. The molecule has 0 amide bonds. The van der Waals surface area contributed by atoms with E-state index in [2.05, 4.69) is 32.1 Å². The standard InChI is InChI=1S/C15H24O/c1-11-7-5-8-12-9-6-10-13(14(2,3)16)15(11,12)4/h6,9-11,13,16H,5,7-8H2,1-4H3/t11-,13+,15+/m0/s1. The summed E-state index contributed by atoms with van der Waals surface area (Å²) in [7, 11) is 0. The first-order chi connectivity index (χ1) is 7.37. The highest BCUT2D eigenvalue weighted by Crippen LogP contribution is 2.54. The van der Waals surface area contributed by atoms with Gasteiger partial charge in [-0.3, -0.25) is 0 Å². The first-order valence-corrected chi connectivity index (χ1v) is 6.47. The van der Waals surface area contributed by atoms with Crippen LogP contribution in [0.2, 0.25) is 0 Å². The second-order valence-electron chi connectivity index (χ2n) is 6.28. The molecule has 0 heterocycles. The Labute approximate surface area is 99.3 Å². The summed E-state index contributed by atoms with van der Waals surface area (Å²) in [6, 6.07) is 0. The second kappa shape index (κ2) is 3.73. The minimum absolute atomic E-state index is 0.158. The molecule has 0 unspecified atom stereocenters. The number of hydrogen-bond acceptors (Lipinski definition) is 1. The monoisotopic (exact) mass is 220 g/mol. The topological polar surface area (TPSA) is 20.2 Å². The first-order valence-electron chi connectivity index (χ1n) is 6.47. The molecule has 90 valence electrons. The molecule has 2 rings (SSSR count). The zero-order valence-corrected chi connectivity index (χ0v) is 11.0. The smallest absolute Gasteiger partial charge is 0.0662 e. The molecule has 2 aliphatic carbocycles. The van der Waals surface area contributed by atoms with Crippen molar-refractivity contribution in [2.24, 2.45) is 17.3 Å². The maximum absolute atomic E-state index is 10.4. The minimum Gasteiger partial charge on any atom is -0.390 e. The Balaban J connectivity index is 2.43. The predicted octanol–water partition coefficient (Wildman–Crippen LogP) is 3.70. The van der Waals surface area contributed by atoms with Crippen molar-refractivity contribution >= 4 is 0 Å². The summed E-state index contributed by atoms with van der Waals surface area (Å²) in [5.74, 6) is 0.907. The van der Waals surface area contributed by atoms with Crippen LogP contribution in [0.25, 0.3) is 0 Å². The summed E-state index contributed by atoms with van der Waals surface area (Å²) in [5.41, 5.74) is 1.07. The van der Waals surface area contributed by atoms with Crippen LogP contribution in [0.3, 0.4) is 0 Å². The average Bonchev–Trinajstić information content (AvgIpc) is 2.17. The van der Waals surface area contributed by atoms with E-state index >= 15 is 0 Å². The zero-order valence-electron chi connectivity index (χ0n) is 11.0. The predicted molar refractivity (Wildman–Crippen MR) is 68.1 cm³/mol. The molecule has 0 spiro atoms. The quantitative estimate of drug-likeness (QED) is 0.714. The van der Waals surface area contributed by atoms with Gasteiger partial charge in [-0.05, 0) is 39.0 Å². The third kappa shape index (κ3) is 1.66. The molecule has 0 radical (unpaired) electrons. The van der Waals surface area contributed by atoms with Gasteiger partial charge in [0.15, 0.2) is 0 Å². The number of allylic oxidation sites excluding steroid dienone is 3. The van der Waals surface area contributed by atoms with Gasteiger partial charge < -0.3 is 5.11 Å². The van der Waals surface area contributed by atoms with Crippen LogP contribution < -0.4 is 0 Å². The molecule has 0 aromatic heterocycles. The van der Waals surface area contributed by atoms with Gasteiger partial charge in [0.1, 0.15) is 0 Å². The Morgan fingerprint density at radius 3 is 2.75 bits per heavy atom. The SMILES string of the molecule is C[C@H]1CCCC2=CC=C[C@H](C(C)(C)O)[C@@]21C. The van der Waals surface area contributed by atoms with Crippen LogP contribution in [0.15, 0.2) is 23.8 Å². The normalized spacial score (nSPS) is 39.2. The molecule has 1 fully saturated rings. The van der Waals surface area contributed by atoms with Crippen molar-refractivity contribution in [2.45, 2.75) is 52.6 Å². The lowest BCUT2D eigenvalue weighted by Gasteiger charge is -2.51. The highest BCUT2D eigenvalue weighted by atomic mass is 16.3. The fourth-order valence-electron chi connectivity index (χ4n) is 3.71. The summed E-state index contributed by atoms with van der Waals surface area (Å²) >= 11 is 0. The zero-order chi connectivity index (χ0) is 12.0. The summed E-state index contributed by atoms with van der Waals surface area (Å²) in [4.78, 5) is 0. The van der Waals surface area contributed by atoms with Crippen molar-refractivity contribution in [1.82, 2.24) is 0 Å². The van der Waals surface area contributed by atoms with E-state index in [-0.39, 0.29) is 11.3 Å². The van der Waals surface area contributed by atoms with Gasteiger partial charge in [0.2, 0.25) is 0 Å². The summed E-state index contributed by atoms with van der Waals surface area (Å²) in [6.07, 6.45) is 10.4. The van der Waals surface area contributed by atoms with Crippen molar-refractivity contribution in [3.05, 3.63) is 23.8 Å². The van der Waals surface area contributed by atoms with E-state index in [0.29, 0.717) is 5.92 Å². The number of aliphatic hydroxyl groups is 1. The van der Waals surface area contributed by atoms with E-state index in [4.69, 9.17) is 0 Å². The maximum Gasteiger partial charge on any atom is 0.0662 e. The average molecular weight is 220 g/mol. The minimum atomic E-state index is -0.629. The van der Waals surface area contributed by atoms with E-state index in [1.807, 2.05) is 13.8 Å². The van der Waals surface area contributed by atoms with E-state index < -0.39 is 5.60 Å². The Morgan fingerprint density at radius 2 is 2.12 bits per heavy atom. The lowest BCUT2D eigenvalue weighted by Crippen LogP contribution is -2.48. The van der Waals surface area contributed by atoms with Gasteiger partial charge >= 0.3 is 0 Å². The van der Waals surface area contributed by atoms with Crippen molar-refractivity contribution < 1.29 is 5.11 Å². The summed E-state index contributed by atoms with van der Waals surface area (Å²) in [6.45, 7) is 8.56. The molecule has 0 aromatic carbocycles. The number of rotatable bonds is 1. The van der Waals surface area contributed by atoms with Crippen molar-refractivity contribution in [2.75, 3.05) is 0 Å². The van der Waals surface area contributed by atoms with Crippen LogP contribution in [0.5, 0.6) is 0 Å². The Morgan fingerprint density at radius 1 is 1.44 bits per heavy atom. The van der Waals surface area contributed by atoms with Crippen LogP contribution in [0.4, 0.5) is 0 Å². The van der Waals surface area contributed by atoms with Gasteiger partial charge in [-0.15, -0.1) is 0 Å². The summed E-state index contributed by atoms with van der Waals surface area (Å²) in [5, 5.41) is 10.4. The van der Waals surface area contributed by atoms with Crippen LogP contribution in [-0.4, -0.2) is 10.7 Å². The van der Waals surface area contributed by atoms with Gasteiger partial charge in [-0.25, -0.2) is 0 Å². The fraction of sp³-hybridized carbons (Fsp3) is 0.733. The summed E-state index contributed by atoms with van der Waals surface area (Å²) < 4.78 is 0. The van der Waals surface area contributed by atoms with Gasteiger partial charge in [0.05, 0.1) is 5.60 Å². The molecule has 1 N–H and O–H groups in total. The Hall–Kier alpha value is -0.560. The van der Waals surface area contributed by atoms with Crippen LogP contribution in [0.1, 0.15) is 47.0 Å². The van der Waals surface area contributed by atoms with Crippen molar-refractivity contribution in [3.8, 4) is 0 Å². The molecule has 2 aliphatic rings. The molecular weight excluding hydrogens is 196 g/mol. The van der Waals surface area contributed by atoms with Gasteiger partial charge in [0, 0.05) is 11.3 Å². The lowest BCUT2D eigenvalue weighted by atomic mass is 9.54. The van der Waals surface area contributed by atoms with Crippen molar-refractivity contribution in [1.29, 1.82) is 0 Å². The second-order valence-corrected chi connectivity index (χ2v) is 6.28. The molecule has 3 atom stereocenters. The van der Waals surface area contributed by atoms with E-state index in [9.17, 15) is 5.11 Å². The van der Waals surface area contributed by atoms with E-state index in [1.165, 1.54) is 19.3 Å². The van der Waals surface area contributed by atoms with E-state index in [1.54, 1.807) is 5.57 Å². The molecule has 0 bridgehead atoms. The molecular formula is C15H24O.